The smallest absolute Gasteiger partial charge is 0.180 e. The molecule has 3 N–H and O–H groups in total. The molecule has 0 atom stereocenters. The largest absolute Gasteiger partial charge is 0.363 e. The molecule has 0 fully saturated rings. The Hall–Kier alpha value is -2.41. The van der Waals surface area contributed by atoms with Crippen LogP contribution in [0.4, 0.5) is 5.82 Å². The van der Waals surface area contributed by atoms with Crippen LogP contribution in [0.15, 0.2) is 24.7 Å². The maximum absolute atomic E-state index is 5.53. The van der Waals surface area contributed by atoms with E-state index in [0.717, 1.165) is 29.4 Å². The number of hydrogen-bond acceptors (Lipinski definition) is 5. The van der Waals surface area contributed by atoms with Crippen molar-refractivity contribution < 1.29 is 0 Å². The van der Waals surface area contributed by atoms with Crippen LogP contribution in [-0.2, 0) is 6.54 Å². The quantitative estimate of drug-likeness (QED) is 0.734. The summed E-state index contributed by atoms with van der Waals surface area (Å²) in [7, 11) is 3.91. The first kappa shape index (κ1) is 12.6. The van der Waals surface area contributed by atoms with Gasteiger partial charge in [-0.15, -0.1) is 0 Å². The van der Waals surface area contributed by atoms with Crippen LogP contribution in [0, 0.1) is 0 Å². The highest BCUT2D eigenvalue weighted by Crippen LogP contribution is 2.19. The summed E-state index contributed by atoms with van der Waals surface area (Å²) in [5.74, 6) is 1.60. The van der Waals surface area contributed by atoms with Crippen molar-refractivity contribution in [2.75, 3.05) is 25.5 Å². The Morgan fingerprint density at radius 1 is 1.30 bits per heavy atom. The second kappa shape index (κ2) is 4.93. The molecule has 0 bridgehead atoms. The highest BCUT2D eigenvalue weighted by molar-refractivity contribution is 5.76. The predicted molar refractivity (Wildman–Crippen MR) is 78.5 cm³/mol. The summed E-state index contributed by atoms with van der Waals surface area (Å²) in [6.45, 7) is 1.33. The summed E-state index contributed by atoms with van der Waals surface area (Å²) >= 11 is 0. The van der Waals surface area contributed by atoms with E-state index in [4.69, 9.17) is 5.73 Å². The van der Waals surface area contributed by atoms with E-state index in [0.29, 0.717) is 12.2 Å². The van der Waals surface area contributed by atoms with Crippen molar-refractivity contribution in [3.8, 4) is 11.5 Å². The molecule has 0 saturated heterocycles. The van der Waals surface area contributed by atoms with Gasteiger partial charge < -0.3 is 20.2 Å². The van der Waals surface area contributed by atoms with Gasteiger partial charge in [0.25, 0.3) is 0 Å². The van der Waals surface area contributed by atoms with E-state index in [-0.39, 0.29) is 0 Å². The molecule has 7 heteroatoms. The maximum Gasteiger partial charge on any atom is 0.180 e. The number of aromatic amines is 1. The zero-order chi connectivity index (χ0) is 14.1. The van der Waals surface area contributed by atoms with Crippen LogP contribution < -0.4 is 10.6 Å². The number of fused-ring (bicyclic) bond motifs is 1. The van der Waals surface area contributed by atoms with Gasteiger partial charge in [-0.25, -0.2) is 15.0 Å². The molecule has 0 spiro atoms. The number of imidazole rings is 2. The molecule has 0 unspecified atom stereocenters. The first-order valence-electron chi connectivity index (χ1n) is 6.43. The second-order valence-corrected chi connectivity index (χ2v) is 4.81. The molecular formula is C13H17N7. The molecule has 0 aromatic carbocycles. The minimum Gasteiger partial charge on any atom is -0.363 e. The number of rotatable bonds is 4. The lowest BCUT2D eigenvalue weighted by Crippen LogP contribution is -2.10. The fourth-order valence-corrected chi connectivity index (χ4v) is 2.01. The zero-order valence-electron chi connectivity index (χ0n) is 11.5. The Morgan fingerprint density at radius 2 is 2.15 bits per heavy atom. The predicted octanol–water partition coefficient (Wildman–Crippen LogP) is 0.846. The van der Waals surface area contributed by atoms with Crippen molar-refractivity contribution in [2.45, 2.75) is 6.54 Å². The van der Waals surface area contributed by atoms with Crippen LogP contribution in [0.1, 0.15) is 0 Å². The molecule has 3 aromatic heterocycles. The van der Waals surface area contributed by atoms with Crippen molar-refractivity contribution in [3.63, 3.8) is 0 Å². The van der Waals surface area contributed by atoms with Gasteiger partial charge in [0.1, 0.15) is 11.5 Å². The van der Waals surface area contributed by atoms with Gasteiger partial charge in [0, 0.05) is 33.4 Å². The molecule has 7 nitrogen and oxygen atoms in total. The summed E-state index contributed by atoms with van der Waals surface area (Å²) < 4.78 is 1.95. The number of nitrogens with two attached hydrogens (primary N) is 1. The highest BCUT2D eigenvalue weighted by atomic mass is 15.2. The van der Waals surface area contributed by atoms with Crippen molar-refractivity contribution >= 4 is 17.0 Å². The minimum atomic E-state index is 0.587. The molecule has 20 heavy (non-hydrogen) atoms. The Bertz CT molecular complexity index is 725. The number of hydrogen-bond donors (Lipinski definition) is 2. The van der Waals surface area contributed by atoms with Gasteiger partial charge in [0.05, 0.1) is 11.8 Å². The number of anilines is 1. The number of nitrogens with zero attached hydrogens (tertiary/aromatic N) is 5. The fourth-order valence-electron chi connectivity index (χ4n) is 2.01. The van der Waals surface area contributed by atoms with Gasteiger partial charge in [0.15, 0.2) is 11.5 Å². The van der Waals surface area contributed by atoms with Crippen molar-refractivity contribution in [1.82, 2.24) is 24.5 Å². The van der Waals surface area contributed by atoms with E-state index < -0.39 is 0 Å². The van der Waals surface area contributed by atoms with E-state index in [9.17, 15) is 0 Å². The van der Waals surface area contributed by atoms with Gasteiger partial charge in [-0.1, -0.05) is 0 Å². The van der Waals surface area contributed by atoms with Crippen LogP contribution in [0.2, 0.25) is 0 Å². The monoisotopic (exact) mass is 271 g/mol. The molecule has 3 rings (SSSR count). The van der Waals surface area contributed by atoms with Gasteiger partial charge in [-0.3, -0.25) is 0 Å². The standard InChI is InChI=1S/C13H17N7/c1-19(2)11-4-3-9-12(17-11)18-13(16-9)10-7-20(6-5-14)8-15-10/h3-4,7-8H,5-6,14H2,1-2H3,(H,16,17,18). The van der Waals surface area contributed by atoms with Crippen molar-refractivity contribution in [2.24, 2.45) is 5.73 Å². The normalized spacial score (nSPS) is 11.2. The van der Waals surface area contributed by atoms with Gasteiger partial charge in [-0.2, -0.15) is 0 Å². The first-order valence-corrected chi connectivity index (χ1v) is 6.43. The number of nitrogens with one attached hydrogen (secondary N) is 1. The molecule has 0 aliphatic rings. The third kappa shape index (κ3) is 2.23. The summed E-state index contributed by atoms with van der Waals surface area (Å²) in [6.07, 6.45) is 3.69. The lowest BCUT2D eigenvalue weighted by atomic mass is 10.4. The van der Waals surface area contributed by atoms with Gasteiger partial charge in [0.2, 0.25) is 0 Å². The first-order chi connectivity index (χ1) is 9.67. The Balaban J connectivity index is 1.99. The fraction of sp³-hybridized carbons (Fsp3) is 0.308. The average Bonchev–Trinajstić information content (AvgIpc) is 3.03. The molecule has 0 amide bonds. The molecule has 0 radical (unpaired) electrons. The molecule has 3 aromatic rings. The van der Waals surface area contributed by atoms with Gasteiger partial charge >= 0.3 is 0 Å². The second-order valence-electron chi connectivity index (χ2n) is 4.81. The minimum absolute atomic E-state index is 0.587. The number of H-pyrrole nitrogens is 1. The summed E-state index contributed by atoms with van der Waals surface area (Å²) in [4.78, 5) is 18.5. The number of aromatic nitrogens is 5. The summed E-state index contributed by atoms with van der Waals surface area (Å²) in [5.41, 5.74) is 7.92. The van der Waals surface area contributed by atoms with Crippen molar-refractivity contribution in [1.29, 1.82) is 0 Å². The SMILES string of the molecule is CN(C)c1ccc2[nH]c(-c3cn(CCN)cn3)nc2n1. The molecule has 104 valence electrons. The lowest BCUT2D eigenvalue weighted by molar-refractivity contribution is 0.708. The van der Waals surface area contributed by atoms with E-state index in [2.05, 4.69) is 19.9 Å². The van der Waals surface area contributed by atoms with Crippen LogP contribution in [0.5, 0.6) is 0 Å². The number of pyridine rings is 1. The van der Waals surface area contributed by atoms with Crippen LogP contribution in [0.25, 0.3) is 22.7 Å². The van der Waals surface area contributed by atoms with Crippen LogP contribution in [-0.4, -0.2) is 45.1 Å². The Morgan fingerprint density at radius 3 is 2.90 bits per heavy atom. The third-order valence-electron chi connectivity index (χ3n) is 3.05. The molecule has 0 aliphatic carbocycles. The van der Waals surface area contributed by atoms with Crippen LogP contribution >= 0.6 is 0 Å². The molecule has 3 heterocycles. The van der Waals surface area contributed by atoms with Crippen molar-refractivity contribution in [3.05, 3.63) is 24.7 Å². The Kier molecular flexibility index (Phi) is 3.11. The van der Waals surface area contributed by atoms with E-state index in [1.807, 2.05) is 41.9 Å². The summed E-state index contributed by atoms with van der Waals surface area (Å²) in [6, 6.07) is 3.93. The molecular weight excluding hydrogens is 254 g/mol. The van der Waals surface area contributed by atoms with E-state index in [1.165, 1.54) is 0 Å². The molecule has 0 aliphatic heterocycles. The topological polar surface area (TPSA) is 88.7 Å². The average molecular weight is 271 g/mol. The summed E-state index contributed by atoms with van der Waals surface area (Å²) in [5, 5.41) is 0. The van der Waals surface area contributed by atoms with E-state index >= 15 is 0 Å². The lowest BCUT2D eigenvalue weighted by Gasteiger charge is -2.09. The van der Waals surface area contributed by atoms with Crippen LogP contribution in [0.3, 0.4) is 0 Å². The zero-order valence-corrected chi connectivity index (χ0v) is 11.5. The third-order valence-corrected chi connectivity index (χ3v) is 3.05. The van der Waals surface area contributed by atoms with Gasteiger partial charge in [-0.05, 0) is 12.1 Å². The molecule has 0 saturated carbocycles. The van der Waals surface area contributed by atoms with E-state index in [1.54, 1.807) is 6.33 Å². The maximum atomic E-state index is 5.53. The Labute approximate surface area is 116 Å². The highest BCUT2D eigenvalue weighted by Gasteiger charge is 2.10.